The molecule has 1 aromatic carbocycles. The Balaban J connectivity index is 1.51. The standard InChI is InChI=1S/C19H23N7O/c1-23(2)17-6-7-20-19(22-17)26-10-8-25(9-11-26)14-4-5-15-16(12-14)21-13-24(3)18(15)27/h4-7,12-13H,8-11H2,1-3H3. The molecule has 0 saturated carbocycles. The third-order valence-electron chi connectivity index (χ3n) is 4.92. The monoisotopic (exact) mass is 365 g/mol. The van der Waals surface area contributed by atoms with E-state index in [-0.39, 0.29) is 5.56 Å². The Morgan fingerprint density at radius 2 is 1.74 bits per heavy atom. The van der Waals surface area contributed by atoms with Crippen LogP contribution in [0.4, 0.5) is 17.5 Å². The van der Waals surface area contributed by atoms with Crippen molar-refractivity contribution >= 4 is 28.4 Å². The molecule has 1 saturated heterocycles. The fraction of sp³-hybridized carbons (Fsp3) is 0.368. The van der Waals surface area contributed by atoms with Crippen LogP contribution in [0.1, 0.15) is 0 Å². The number of anilines is 3. The van der Waals surface area contributed by atoms with Gasteiger partial charge in [0.15, 0.2) is 0 Å². The van der Waals surface area contributed by atoms with Crippen LogP contribution in [0.2, 0.25) is 0 Å². The minimum Gasteiger partial charge on any atom is -0.368 e. The topological polar surface area (TPSA) is 70.4 Å². The lowest BCUT2D eigenvalue weighted by atomic mass is 10.2. The lowest BCUT2D eigenvalue weighted by Crippen LogP contribution is -2.47. The Morgan fingerprint density at radius 1 is 1.00 bits per heavy atom. The molecule has 0 unspecified atom stereocenters. The zero-order valence-corrected chi connectivity index (χ0v) is 15.8. The Kier molecular flexibility index (Phi) is 4.39. The van der Waals surface area contributed by atoms with Gasteiger partial charge >= 0.3 is 0 Å². The van der Waals surface area contributed by atoms with Gasteiger partial charge < -0.3 is 19.3 Å². The number of piperazine rings is 1. The van der Waals surface area contributed by atoms with Gasteiger partial charge in [-0.15, -0.1) is 0 Å². The van der Waals surface area contributed by atoms with E-state index in [0.29, 0.717) is 5.39 Å². The Bertz CT molecular complexity index is 1020. The van der Waals surface area contributed by atoms with E-state index in [4.69, 9.17) is 0 Å². The number of hydrogen-bond acceptors (Lipinski definition) is 7. The molecule has 0 N–H and O–H groups in total. The molecule has 0 radical (unpaired) electrons. The van der Waals surface area contributed by atoms with Gasteiger partial charge in [-0.3, -0.25) is 4.79 Å². The second-order valence-corrected chi connectivity index (χ2v) is 6.95. The second kappa shape index (κ2) is 6.86. The summed E-state index contributed by atoms with van der Waals surface area (Å²) in [6.45, 7) is 3.43. The van der Waals surface area contributed by atoms with E-state index in [1.54, 1.807) is 19.6 Å². The number of aromatic nitrogens is 4. The van der Waals surface area contributed by atoms with Gasteiger partial charge in [0.1, 0.15) is 5.82 Å². The van der Waals surface area contributed by atoms with Crippen LogP contribution in [-0.2, 0) is 7.05 Å². The van der Waals surface area contributed by atoms with Gasteiger partial charge in [-0.2, -0.15) is 4.98 Å². The normalized spacial score (nSPS) is 14.6. The maximum atomic E-state index is 12.2. The van der Waals surface area contributed by atoms with Gasteiger partial charge in [0.05, 0.1) is 17.2 Å². The van der Waals surface area contributed by atoms with E-state index in [2.05, 4.69) is 24.8 Å². The van der Waals surface area contributed by atoms with E-state index < -0.39 is 0 Å². The summed E-state index contributed by atoms with van der Waals surface area (Å²) in [7, 11) is 5.67. The maximum absolute atomic E-state index is 12.2. The highest BCUT2D eigenvalue weighted by atomic mass is 16.1. The van der Waals surface area contributed by atoms with Crippen molar-refractivity contribution in [2.45, 2.75) is 0 Å². The highest BCUT2D eigenvalue weighted by Gasteiger charge is 2.20. The van der Waals surface area contributed by atoms with E-state index >= 15 is 0 Å². The van der Waals surface area contributed by atoms with Crippen molar-refractivity contribution in [3.63, 3.8) is 0 Å². The van der Waals surface area contributed by atoms with Crippen LogP contribution in [0.5, 0.6) is 0 Å². The predicted molar refractivity (Wildman–Crippen MR) is 108 cm³/mol. The third-order valence-corrected chi connectivity index (χ3v) is 4.92. The summed E-state index contributed by atoms with van der Waals surface area (Å²) in [5.41, 5.74) is 1.81. The van der Waals surface area contributed by atoms with Crippen LogP contribution < -0.4 is 20.3 Å². The molecular weight excluding hydrogens is 342 g/mol. The first-order valence-corrected chi connectivity index (χ1v) is 8.98. The molecule has 8 heteroatoms. The van der Waals surface area contributed by atoms with Gasteiger partial charge in [0.2, 0.25) is 5.95 Å². The fourth-order valence-corrected chi connectivity index (χ4v) is 3.30. The van der Waals surface area contributed by atoms with Gasteiger partial charge in [-0.1, -0.05) is 0 Å². The molecule has 1 aliphatic heterocycles. The quantitative estimate of drug-likeness (QED) is 0.689. The number of rotatable bonds is 3. The predicted octanol–water partition coefficient (Wildman–Crippen LogP) is 1.12. The van der Waals surface area contributed by atoms with Crippen molar-refractivity contribution < 1.29 is 0 Å². The molecule has 140 valence electrons. The zero-order chi connectivity index (χ0) is 19.0. The SMILES string of the molecule is CN(C)c1ccnc(N2CCN(c3ccc4c(=O)n(C)cnc4c3)CC2)n1. The summed E-state index contributed by atoms with van der Waals surface area (Å²) in [4.78, 5) is 32.1. The first-order valence-electron chi connectivity index (χ1n) is 8.98. The molecule has 4 rings (SSSR count). The highest BCUT2D eigenvalue weighted by molar-refractivity contribution is 5.81. The van der Waals surface area contributed by atoms with Crippen LogP contribution in [-0.4, -0.2) is 59.8 Å². The van der Waals surface area contributed by atoms with Crippen LogP contribution in [0.15, 0.2) is 41.6 Å². The summed E-state index contributed by atoms with van der Waals surface area (Å²) in [6, 6.07) is 7.78. The average molecular weight is 365 g/mol. The summed E-state index contributed by atoms with van der Waals surface area (Å²) < 4.78 is 1.50. The van der Waals surface area contributed by atoms with Crippen molar-refractivity contribution in [1.82, 2.24) is 19.5 Å². The highest BCUT2D eigenvalue weighted by Crippen LogP contribution is 2.22. The summed E-state index contributed by atoms with van der Waals surface area (Å²) in [6.07, 6.45) is 3.38. The molecule has 1 aliphatic rings. The van der Waals surface area contributed by atoms with Crippen LogP contribution in [0.3, 0.4) is 0 Å². The van der Waals surface area contributed by atoms with Gasteiger partial charge in [0.25, 0.3) is 5.56 Å². The molecule has 0 atom stereocenters. The van der Waals surface area contributed by atoms with E-state index in [1.165, 1.54) is 4.57 Å². The van der Waals surface area contributed by atoms with Crippen molar-refractivity contribution in [2.75, 3.05) is 55.0 Å². The molecule has 0 aliphatic carbocycles. The largest absolute Gasteiger partial charge is 0.368 e. The second-order valence-electron chi connectivity index (χ2n) is 6.95. The Morgan fingerprint density at radius 3 is 2.48 bits per heavy atom. The Labute approximate surface area is 157 Å². The first kappa shape index (κ1) is 17.3. The number of aryl methyl sites for hydroxylation is 1. The van der Waals surface area contributed by atoms with Gasteiger partial charge in [-0.25, -0.2) is 9.97 Å². The minimum absolute atomic E-state index is 0.0192. The van der Waals surface area contributed by atoms with Crippen LogP contribution in [0, 0.1) is 0 Å². The number of nitrogens with zero attached hydrogens (tertiary/aromatic N) is 7. The molecule has 3 aromatic rings. The van der Waals surface area contributed by atoms with E-state index in [9.17, 15) is 4.79 Å². The van der Waals surface area contributed by atoms with Crippen molar-refractivity contribution in [1.29, 1.82) is 0 Å². The minimum atomic E-state index is -0.0192. The molecule has 0 spiro atoms. The lowest BCUT2D eigenvalue weighted by molar-refractivity contribution is 0.640. The zero-order valence-electron chi connectivity index (χ0n) is 15.8. The number of benzene rings is 1. The van der Waals surface area contributed by atoms with Crippen LogP contribution >= 0.6 is 0 Å². The average Bonchev–Trinajstić information content (AvgIpc) is 2.71. The lowest BCUT2D eigenvalue weighted by Gasteiger charge is -2.36. The summed E-state index contributed by atoms with van der Waals surface area (Å²) >= 11 is 0. The maximum Gasteiger partial charge on any atom is 0.260 e. The summed E-state index contributed by atoms with van der Waals surface area (Å²) in [5, 5.41) is 0.649. The third kappa shape index (κ3) is 3.30. The number of fused-ring (bicyclic) bond motifs is 1. The van der Waals surface area contributed by atoms with E-state index in [0.717, 1.165) is 49.1 Å². The van der Waals surface area contributed by atoms with Crippen LogP contribution in [0.25, 0.3) is 10.9 Å². The molecule has 0 amide bonds. The molecule has 0 bridgehead atoms. The molecule has 2 aromatic heterocycles. The molecule has 1 fully saturated rings. The molecular formula is C19H23N7O. The number of hydrogen-bond donors (Lipinski definition) is 0. The fourth-order valence-electron chi connectivity index (χ4n) is 3.30. The molecule has 27 heavy (non-hydrogen) atoms. The molecule has 3 heterocycles. The van der Waals surface area contributed by atoms with Crippen molar-refractivity contribution in [2.24, 2.45) is 7.05 Å². The van der Waals surface area contributed by atoms with Crippen molar-refractivity contribution in [3.05, 3.63) is 47.1 Å². The molecule has 8 nitrogen and oxygen atoms in total. The van der Waals surface area contributed by atoms with Crippen molar-refractivity contribution in [3.8, 4) is 0 Å². The summed E-state index contributed by atoms with van der Waals surface area (Å²) in [5.74, 6) is 1.68. The van der Waals surface area contributed by atoms with Gasteiger partial charge in [-0.05, 0) is 24.3 Å². The smallest absolute Gasteiger partial charge is 0.260 e. The van der Waals surface area contributed by atoms with E-state index in [1.807, 2.05) is 43.3 Å². The van der Waals surface area contributed by atoms with Gasteiger partial charge in [0, 0.05) is 59.2 Å². The Hall–Kier alpha value is -3.16. The first-order chi connectivity index (χ1) is 13.0.